The van der Waals surface area contributed by atoms with Crippen molar-refractivity contribution in [1.82, 2.24) is 4.98 Å². The lowest BCUT2D eigenvalue weighted by Gasteiger charge is -2.11. The second kappa shape index (κ2) is 6.29. The van der Waals surface area contributed by atoms with E-state index in [4.69, 9.17) is 10.5 Å². The Bertz CT molecular complexity index is 531. The van der Waals surface area contributed by atoms with Crippen molar-refractivity contribution in [3.63, 3.8) is 0 Å². The summed E-state index contributed by atoms with van der Waals surface area (Å²) >= 11 is 0. The van der Waals surface area contributed by atoms with Crippen molar-refractivity contribution < 1.29 is 9.13 Å². The lowest BCUT2D eigenvalue weighted by Crippen LogP contribution is -2.22. The van der Waals surface area contributed by atoms with Gasteiger partial charge in [-0.1, -0.05) is 12.1 Å². The Morgan fingerprint density at radius 2 is 2.16 bits per heavy atom. The molecule has 0 fully saturated rings. The van der Waals surface area contributed by atoms with Crippen LogP contribution in [0.1, 0.15) is 5.56 Å². The molecule has 0 saturated heterocycles. The van der Waals surface area contributed by atoms with Crippen molar-refractivity contribution in [2.45, 2.75) is 13.1 Å². The minimum atomic E-state index is -1.14. The van der Waals surface area contributed by atoms with Crippen LogP contribution in [0.4, 0.5) is 4.39 Å². The maximum atomic E-state index is 13.1. The van der Waals surface area contributed by atoms with Crippen LogP contribution >= 0.6 is 0 Å². The Labute approximate surface area is 112 Å². The lowest BCUT2D eigenvalue weighted by molar-refractivity contribution is 0.201. The Morgan fingerprint density at radius 1 is 1.32 bits per heavy atom. The highest BCUT2D eigenvalue weighted by molar-refractivity contribution is 5.65. The van der Waals surface area contributed by atoms with Crippen LogP contribution in [0, 0.1) is 6.92 Å². The van der Waals surface area contributed by atoms with Gasteiger partial charge in [-0.2, -0.15) is 0 Å². The largest absolute Gasteiger partial charge is 0.490 e. The molecule has 0 aliphatic carbocycles. The summed E-state index contributed by atoms with van der Waals surface area (Å²) in [5.74, 6) is 0.648. The highest BCUT2D eigenvalue weighted by Gasteiger charge is 2.06. The number of alkyl halides is 1. The second-order valence-corrected chi connectivity index (χ2v) is 4.42. The molecular formula is C15H17FN2O. The van der Waals surface area contributed by atoms with Crippen molar-refractivity contribution in [2.75, 3.05) is 13.2 Å². The van der Waals surface area contributed by atoms with Gasteiger partial charge < -0.3 is 10.5 Å². The maximum Gasteiger partial charge on any atom is 0.146 e. The van der Waals surface area contributed by atoms with Gasteiger partial charge in [0.1, 0.15) is 18.5 Å². The molecule has 0 amide bonds. The number of nitrogens with two attached hydrogens (primary N) is 1. The van der Waals surface area contributed by atoms with Gasteiger partial charge in [0, 0.05) is 24.5 Å². The molecule has 1 aromatic carbocycles. The van der Waals surface area contributed by atoms with E-state index in [0.29, 0.717) is 5.75 Å². The van der Waals surface area contributed by atoms with Crippen LogP contribution in [0.2, 0.25) is 0 Å². The van der Waals surface area contributed by atoms with E-state index in [-0.39, 0.29) is 13.2 Å². The van der Waals surface area contributed by atoms with E-state index < -0.39 is 6.17 Å². The molecule has 0 aliphatic rings. The molecule has 0 radical (unpaired) electrons. The highest BCUT2D eigenvalue weighted by atomic mass is 19.1. The fourth-order valence-electron chi connectivity index (χ4n) is 1.79. The first-order chi connectivity index (χ1) is 9.19. The predicted molar refractivity (Wildman–Crippen MR) is 73.9 cm³/mol. The van der Waals surface area contributed by atoms with Crippen LogP contribution in [0.25, 0.3) is 11.1 Å². The molecule has 0 bridgehead atoms. The first kappa shape index (κ1) is 13.5. The van der Waals surface area contributed by atoms with Crippen LogP contribution < -0.4 is 10.5 Å². The van der Waals surface area contributed by atoms with Gasteiger partial charge in [-0.25, -0.2) is 4.39 Å². The molecule has 3 nitrogen and oxygen atoms in total. The van der Waals surface area contributed by atoms with Crippen LogP contribution in [-0.4, -0.2) is 24.3 Å². The van der Waals surface area contributed by atoms with E-state index in [1.165, 1.54) is 0 Å². The minimum Gasteiger partial charge on any atom is -0.490 e. The van der Waals surface area contributed by atoms with Crippen LogP contribution in [0.15, 0.2) is 42.7 Å². The van der Waals surface area contributed by atoms with E-state index in [9.17, 15) is 4.39 Å². The average Bonchev–Trinajstić information content (AvgIpc) is 2.45. The normalized spacial score (nSPS) is 12.2. The number of hydrogen-bond acceptors (Lipinski definition) is 3. The number of pyridine rings is 1. The van der Waals surface area contributed by atoms with Crippen molar-refractivity contribution in [2.24, 2.45) is 5.73 Å². The zero-order chi connectivity index (χ0) is 13.7. The molecule has 0 unspecified atom stereocenters. The summed E-state index contributed by atoms with van der Waals surface area (Å²) in [6.45, 7) is 1.93. The standard InChI is InChI=1S/C15H17FN2O/c1-11-5-13(12-3-2-4-18-9-12)7-15(6-11)19-10-14(16)8-17/h2-7,9,14H,8,10,17H2,1H3/t14-/m1/s1. The number of ether oxygens (including phenoxy) is 1. The molecule has 1 atom stereocenters. The van der Waals surface area contributed by atoms with Crippen LogP contribution in [-0.2, 0) is 0 Å². The maximum absolute atomic E-state index is 13.1. The Hall–Kier alpha value is -1.94. The molecule has 0 spiro atoms. The van der Waals surface area contributed by atoms with Gasteiger partial charge in [-0.3, -0.25) is 4.98 Å². The third kappa shape index (κ3) is 3.76. The second-order valence-electron chi connectivity index (χ2n) is 4.42. The van der Waals surface area contributed by atoms with Gasteiger partial charge >= 0.3 is 0 Å². The lowest BCUT2D eigenvalue weighted by atomic mass is 10.0. The topological polar surface area (TPSA) is 48.1 Å². The van der Waals surface area contributed by atoms with Crippen LogP contribution in [0.3, 0.4) is 0 Å². The molecule has 2 rings (SSSR count). The van der Waals surface area contributed by atoms with Crippen molar-refractivity contribution in [3.8, 4) is 16.9 Å². The average molecular weight is 260 g/mol. The quantitative estimate of drug-likeness (QED) is 0.899. The highest BCUT2D eigenvalue weighted by Crippen LogP contribution is 2.25. The molecule has 0 aliphatic heterocycles. The zero-order valence-corrected chi connectivity index (χ0v) is 10.8. The number of benzene rings is 1. The van der Waals surface area contributed by atoms with E-state index in [1.54, 1.807) is 12.4 Å². The predicted octanol–water partition coefficient (Wildman–Crippen LogP) is 2.73. The molecule has 1 heterocycles. The Kier molecular flexibility index (Phi) is 4.47. The summed E-state index contributed by atoms with van der Waals surface area (Å²) in [6.07, 6.45) is 2.38. The molecule has 100 valence electrons. The van der Waals surface area contributed by atoms with E-state index in [2.05, 4.69) is 4.98 Å². The molecular weight excluding hydrogens is 243 g/mol. The monoisotopic (exact) mass is 260 g/mol. The third-order valence-electron chi connectivity index (χ3n) is 2.73. The van der Waals surface area contributed by atoms with Gasteiger partial charge in [0.15, 0.2) is 0 Å². The molecule has 19 heavy (non-hydrogen) atoms. The summed E-state index contributed by atoms with van der Waals surface area (Å²) in [5.41, 5.74) is 8.29. The molecule has 4 heteroatoms. The van der Waals surface area contributed by atoms with E-state index in [0.717, 1.165) is 16.7 Å². The zero-order valence-electron chi connectivity index (χ0n) is 10.8. The fraction of sp³-hybridized carbons (Fsp3) is 0.267. The number of nitrogens with zero attached hydrogens (tertiary/aromatic N) is 1. The van der Waals surface area contributed by atoms with Crippen molar-refractivity contribution in [3.05, 3.63) is 48.3 Å². The van der Waals surface area contributed by atoms with Gasteiger partial charge in [0.05, 0.1) is 0 Å². The first-order valence-electron chi connectivity index (χ1n) is 6.18. The number of hydrogen-bond donors (Lipinski definition) is 1. The van der Waals surface area contributed by atoms with Crippen LogP contribution in [0.5, 0.6) is 5.75 Å². The summed E-state index contributed by atoms with van der Waals surface area (Å²) in [4.78, 5) is 4.09. The molecule has 0 saturated carbocycles. The number of rotatable bonds is 5. The van der Waals surface area contributed by atoms with E-state index >= 15 is 0 Å². The van der Waals surface area contributed by atoms with Gasteiger partial charge in [0.2, 0.25) is 0 Å². The minimum absolute atomic E-state index is 0.0214. The summed E-state index contributed by atoms with van der Waals surface area (Å²) < 4.78 is 18.5. The third-order valence-corrected chi connectivity index (χ3v) is 2.73. The summed E-state index contributed by atoms with van der Waals surface area (Å²) in [7, 11) is 0. The smallest absolute Gasteiger partial charge is 0.146 e. The first-order valence-corrected chi connectivity index (χ1v) is 6.18. The number of halogens is 1. The molecule has 2 aromatic rings. The number of aryl methyl sites for hydroxylation is 1. The summed E-state index contributed by atoms with van der Waals surface area (Å²) in [6, 6.07) is 9.66. The van der Waals surface area contributed by atoms with Crippen molar-refractivity contribution in [1.29, 1.82) is 0 Å². The van der Waals surface area contributed by atoms with Gasteiger partial charge in [-0.15, -0.1) is 0 Å². The molecule has 2 N–H and O–H groups in total. The SMILES string of the molecule is Cc1cc(OC[C@H](F)CN)cc(-c2cccnc2)c1. The fourth-order valence-corrected chi connectivity index (χ4v) is 1.79. The Morgan fingerprint density at radius 3 is 2.84 bits per heavy atom. The molecule has 1 aromatic heterocycles. The summed E-state index contributed by atoms with van der Waals surface area (Å²) in [5, 5.41) is 0. The van der Waals surface area contributed by atoms with E-state index in [1.807, 2.05) is 37.3 Å². The Balaban J connectivity index is 2.20. The van der Waals surface area contributed by atoms with Crippen molar-refractivity contribution >= 4 is 0 Å². The van der Waals surface area contributed by atoms with Gasteiger partial charge in [-0.05, 0) is 36.2 Å². The number of aromatic nitrogens is 1. The van der Waals surface area contributed by atoms with Gasteiger partial charge in [0.25, 0.3) is 0 Å².